The minimum absolute atomic E-state index is 0.770. The number of fused-ring (bicyclic) bond motifs is 1. The second-order valence-electron chi connectivity index (χ2n) is 4.63. The van der Waals surface area contributed by atoms with Crippen LogP contribution in [0, 0.1) is 0 Å². The maximum absolute atomic E-state index is 5.76. The number of rotatable bonds is 1. The monoisotopic (exact) mass is 231 g/mol. The highest BCUT2D eigenvalue weighted by molar-refractivity contribution is 5.80. The van der Waals surface area contributed by atoms with Gasteiger partial charge < -0.3 is 20.5 Å². The summed E-state index contributed by atoms with van der Waals surface area (Å²) in [5.74, 6) is 0.957. The smallest absolute Gasteiger partial charge is 0.203 e. The van der Waals surface area contributed by atoms with E-state index in [0.29, 0.717) is 0 Å². The average molecular weight is 231 g/mol. The predicted octanol–water partition coefficient (Wildman–Crippen LogP) is 0.897. The van der Waals surface area contributed by atoms with Crippen LogP contribution in [0.15, 0.2) is 18.2 Å². The summed E-state index contributed by atoms with van der Waals surface area (Å²) in [6, 6.07) is 5.78. The van der Waals surface area contributed by atoms with Crippen LogP contribution in [-0.2, 0) is 0 Å². The first kappa shape index (κ1) is 10.4. The van der Waals surface area contributed by atoms with Crippen LogP contribution < -0.4 is 10.6 Å². The van der Waals surface area contributed by atoms with Crippen LogP contribution in [0.3, 0.4) is 0 Å². The molecule has 0 amide bonds. The maximum Gasteiger partial charge on any atom is 0.203 e. The van der Waals surface area contributed by atoms with Gasteiger partial charge in [0.15, 0.2) is 0 Å². The number of aromatic amines is 1. The maximum atomic E-state index is 5.76. The number of H-pyrrole nitrogens is 1. The molecule has 2 aromatic rings. The Morgan fingerprint density at radius 2 is 2.00 bits per heavy atom. The summed E-state index contributed by atoms with van der Waals surface area (Å²) in [4.78, 5) is 12.6. The molecule has 0 aliphatic carbocycles. The molecule has 17 heavy (non-hydrogen) atoms. The third-order valence-corrected chi connectivity index (χ3v) is 3.30. The standard InChI is InChI=1S/C12H17N5/c1-16-4-6-17(7-5-16)12-14-10-3-2-9(13)8-11(10)15-12/h2-3,8H,4-7,13H2,1H3,(H,14,15). The highest BCUT2D eigenvalue weighted by Crippen LogP contribution is 2.20. The van der Waals surface area contributed by atoms with Crippen molar-refractivity contribution in [2.75, 3.05) is 43.9 Å². The van der Waals surface area contributed by atoms with Gasteiger partial charge in [-0.2, -0.15) is 0 Å². The predicted molar refractivity (Wildman–Crippen MR) is 70.2 cm³/mol. The van der Waals surface area contributed by atoms with E-state index < -0.39 is 0 Å². The van der Waals surface area contributed by atoms with Gasteiger partial charge in [-0.3, -0.25) is 0 Å². The normalized spacial score (nSPS) is 17.8. The fourth-order valence-electron chi connectivity index (χ4n) is 2.18. The first-order valence-electron chi connectivity index (χ1n) is 5.91. The molecule has 3 N–H and O–H groups in total. The van der Waals surface area contributed by atoms with E-state index in [9.17, 15) is 0 Å². The van der Waals surface area contributed by atoms with Gasteiger partial charge in [0, 0.05) is 31.9 Å². The molecular formula is C12H17N5. The van der Waals surface area contributed by atoms with Crippen LogP contribution in [-0.4, -0.2) is 48.1 Å². The van der Waals surface area contributed by atoms with Crippen molar-refractivity contribution in [1.29, 1.82) is 0 Å². The zero-order valence-corrected chi connectivity index (χ0v) is 9.98. The van der Waals surface area contributed by atoms with Crippen molar-refractivity contribution >= 4 is 22.7 Å². The number of nitrogens with two attached hydrogens (primary N) is 1. The Bertz CT molecular complexity index is 525. The molecule has 0 spiro atoms. The Labute approximate surface area is 100 Å². The number of nitrogen functional groups attached to an aromatic ring is 1. The average Bonchev–Trinajstić information content (AvgIpc) is 2.72. The second-order valence-corrected chi connectivity index (χ2v) is 4.63. The number of imidazole rings is 1. The number of hydrogen-bond donors (Lipinski definition) is 2. The van der Waals surface area contributed by atoms with E-state index in [2.05, 4.69) is 26.8 Å². The lowest BCUT2D eigenvalue weighted by Gasteiger charge is -2.32. The van der Waals surface area contributed by atoms with Gasteiger partial charge in [0.05, 0.1) is 11.0 Å². The lowest BCUT2D eigenvalue weighted by Crippen LogP contribution is -2.44. The topological polar surface area (TPSA) is 61.2 Å². The molecule has 5 nitrogen and oxygen atoms in total. The summed E-state index contributed by atoms with van der Waals surface area (Å²) in [7, 11) is 2.15. The highest BCUT2D eigenvalue weighted by Gasteiger charge is 2.16. The van der Waals surface area contributed by atoms with E-state index in [1.54, 1.807) is 0 Å². The molecular weight excluding hydrogens is 214 g/mol. The van der Waals surface area contributed by atoms with Crippen molar-refractivity contribution in [3.63, 3.8) is 0 Å². The third kappa shape index (κ3) is 1.93. The van der Waals surface area contributed by atoms with Crippen molar-refractivity contribution in [1.82, 2.24) is 14.9 Å². The van der Waals surface area contributed by atoms with E-state index >= 15 is 0 Å². The van der Waals surface area contributed by atoms with E-state index in [1.165, 1.54) is 0 Å². The summed E-state index contributed by atoms with van der Waals surface area (Å²) in [5.41, 5.74) is 8.52. The Morgan fingerprint density at radius 3 is 2.76 bits per heavy atom. The number of anilines is 2. The van der Waals surface area contributed by atoms with Crippen LogP contribution in [0.5, 0.6) is 0 Å². The van der Waals surface area contributed by atoms with Crippen molar-refractivity contribution < 1.29 is 0 Å². The molecule has 1 aliphatic heterocycles. The summed E-state index contributed by atoms with van der Waals surface area (Å²) in [6.45, 7) is 4.20. The lowest BCUT2D eigenvalue weighted by atomic mass is 10.3. The van der Waals surface area contributed by atoms with Crippen LogP contribution in [0.4, 0.5) is 11.6 Å². The zero-order valence-electron chi connectivity index (χ0n) is 9.98. The molecule has 0 atom stereocenters. The van der Waals surface area contributed by atoms with Gasteiger partial charge in [0.2, 0.25) is 5.95 Å². The van der Waals surface area contributed by atoms with Gasteiger partial charge in [-0.05, 0) is 25.2 Å². The van der Waals surface area contributed by atoms with Crippen LogP contribution in [0.1, 0.15) is 0 Å². The number of aromatic nitrogens is 2. The van der Waals surface area contributed by atoms with Gasteiger partial charge in [-0.1, -0.05) is 0 Å². The Balaban J connectivity index is 1.90. The van der Waals surface area contributed by atoms with Gasteiger partial charge in [0.25, 0.3) is 0 Å². The van der Waals surface area contributed by atoms with E-state index in [0.717, 1.165) is 48.8 Å². The molecule has 1 saturated heterocycles. The quantitative estimate of drug-likeness (QED) is 0.716. The van der Waals surface area contributed by atoms with Crippen molar-refractivity contribution in [3.8, 4) is 0 Å². The Morgan fingerprint density at radius 1 is 1.24 bits per heavy atom. The number of hydrogen-bond acceptors (Lipinski definition) is 4. The first-order valence-corrected chi connectivity index (χ1v) is 5.91. The molecule has 3 rings (SSSR count). The fraction of sp³-hybridized carbons (Fsp3) is 0.417. The largest absolute Gasteiger partial charge is 0.399 e. The summed E-state index contributed by atoms with van der Waals surface area (Å²) in [5, 5.41) is 0. The molecule has 0 radical (unpaired) electrons. The SMILES string of the molecule is CN1CCN(c2nc3ccc(N)cc3[nH]2)CC1. The van der Waals surface area contributed by atoms with Gasteiger partial charge in [-0.25, -0.2) is 4.98 Å². The number of nitrogens with one attached hydrogen (secondary N) is 1. The molecule has 0 saturated carbocycles. The van der Waals surface area contributed by atoms with Gasteiger partial charge >= 0.3 is 0 Å². The number of piperazine rings is 1. The molecule has 0 unspecified atom stereocenters. The minimum atomic E-state index is 0.770. The molecule has 90 valence electrons. The van der Waals surface area contributed by atoms with Gasteiger partial charge in [-0.15, -0.1) is 0 Å². The number of likely N-dealkylation sites (N-methyl/N-ethyl adjacent to an activating group) is 1. The summed E-state index contributed by atoms with van der Waals surface area (Å²) in [6.07, 6.45) is 0. The molecule has 1 fully saturated rings. The zero-order chi connectivity index (χ0) is 11.8. The minimum Gasteiger partial charge on any atom is -0.399 e. The number of benzene rings is 1. The van der Waals surface area contributed by atoms with E-state index in [-0.39, 0.29) is 0 Å². The summed E-state index contributed by atoms with van der Waals surface area (Å²) < 4.78 is 0. The molecule has 5 heteroatoms. The Hall–Kier alpha value is -1.75. The third-order valence-electron chi connectivity index (χ3n) is 3.30. The van der Waals surface area contributed by atoms with Crippen LogP contribution in [0.25, 0.3) is 11.0 Å². The molecule has 2 heterocycles. The van der Waals surface area contributed by atoms with Crippen LogP contribution in [0.2, 0.25) is 0 Å². The van der Waals surface area contributed by atoms with Gasteiger partial charge in [0.1, 0.15) is 0 Å². The molecule has 1 aromatic carbocycles. The lowest BCUT2D eigenvalue weighted by molar-refractivity contribution is 0.311. The fourth-order valence-corrected chi connectivity index (χ4v) is 2.18. The van der Waals surface area contributed by atoms with Crippen LogP contribution >= 0.6 is 0 Å². The van der Waals surface area contributed by atoms with Crippen molar-refractivity contribution in [3.05, 3.63) is 18.2 Å². The highest BCUT2D eigenvalue weighted by atomic mass is 15.3. The first-order chi connectivity index (χ1) is 8.22. The molecule has 0 bridgehead atoms. The van der Waals surface area contributed by atoms with E-state index in [1.807, 2.05) is 18.2 Å². The van der Waals surface area contributed by atoms with E-state index in [4.69, 9.17) is 5.73 Å². The molecule has 1 aliphatic rings. The summed E-state index contributed by atoms with van der Waals surface area (Å²) >= 11 is 0. The van der Waals surface area contributed by atoms with Crippen molar-refractivity contribution in [2.45, 2.75) is 0 Å². The Kier molecular flexibility index (Phi) is 2.40. The second kappa shape index (κ2) is 3.92. The van der Waals surface area contributed by atoms with Crippen molar-refractivity contribution in [2.24, 2.45) is 0 Å². The molecule has 1 aromatic heterocycles. The number of nitrogens with zero attached hydrogens (tertiary/aromatic N) is 3.